The number of hydrogen-bond donors (Lipinski definition) is 1. The van der Waals surface area contributed by atoms with Gasteiger partial charge in [-0.25, -0.2) is 0 Å². The summed E-state index contributed by atoms with van der Waals surface area (Å²) in [5.74, 6) is 0. The van der Waals surface area contributed by atoms with Crippen molar-refractivity contribution in [3.63, 3.8) is 0 Å². The van der Waals surface area contributed by atoms with E-state index in [4.69, 9.17) is 5.11 Å². The second-order valence-corrected chi connectivity index (χ2v) is 0.316. The summed E-state index contributed by atoms with van der Waals surface area (Å²) in [4.78, 5) is 0. The molecule has 2 nitrogen and oxygen atoms in total. The third-order valence-corrected chi connectivity index (χ3v) is 0. The normalized spacial score (nSPS) is 3.60. The predicted octanol–water partition coefficient (Wildman–Crippen LogP) is -0.501. The summed E-state index contributed by atoms with van der Waals surface area (Å²) in [6, 6.07) is 0. The van der Waals surface area contributed by atoms with E-state index in [9.17, 15) is 0 Å². The molecular formula is C2H6AlO2+. The van der Waals surface area contributed by atoms with E-state index in [0.717, 1.165) is 0 Å². The van der Waals surface area contributed by atoms with Crippen LogP contribution in [-0.2, 0) is 5.48 Å². The van der Waals surface area contributed by atoms with Crippen LogP contribution in [0.3, 0.4) is 0 Å². The van der Waals surface area contributed by atoms with Crippen LogP contribution < -0.4 is 0 Å². The zero-order chi connectivity index (χ0) is 2.71. The molecule has 0 aromatic carbocycles. The minimum atomic E-state index is 0. The van der Waals surface area contributed by atoms with E-state index in [0.29, 0.717) is 0 Å². The molecule has 0 aliphatic heterocycles. The maximum Gasteiger partial charge on any atom is 3.00 e. The molecule has 3 heteroatoms. The Morgan fingerprint density at radius 3 is 1.60 bits per heavy atom. The average Bonchev–Trinajstić information content (AvgIpc) is 0.918. The molecule has 0 aliphatic carbocycles. The molecule has 0 bridgehead atoms. The Bertz CT molecular complexity index is 7.61. The topological polar surface area (TPSA) is 48.7 Å². The van der Waals surface area contributed by atoms with Crippen LogP contribution in [0.4, 0.5) is 0 Å². The summed E-state index contributed by atoms with van der Waals surface area (Å²) in [7, 11) is 0. The molecule has 0 radical (unpaired) electrons. The van der Waals surface area contributed by atoms with Crippen molar-refractivity contribution in [1.82, 2.24) is 0 Å². The van der Waals surface area contributed by atoms with E-state index < -0.39 is 0 Å². The van der Waals surface area contributed by atoms with Crippen LogP contribution in [0.15, 0.2) is 0 Å². The molecule has 0 rings (SSSR count). The minimum absolute atomic E-state index is 0. The first-order valence-corrected chi connectivity index (χ1v) is 1.02. The van der Waals surface area contributed by atoms with E-state index in [1.54, 1.807) is 6.92 Å². The van der Waals surface area contributed by atoms with Crippen molar-refractivity contribution in [3.8, 4) is 0 Å². The van der Waals surface area contributed by atoms with Gasteiger partial charge in [0.15, 0.2) is 0 Å². The molecule has 0 unspecified atom stereocenters. The van der Waals surface area contributed by atoms with Crippen molar-refractivity contribution < 1.29 is 10.6 Å². The SMILES string of the molecule is CCO.[Al+3].[O-2]. The van der Waals surface area contributed by atoms with Crippen molar-refractivity contribution in [1.29, 1.82) is 0 Å². The number of aliphatic hydroxyl groups excluding tert-OH is 1. The van der Waals surface area contributed by atoms with Crippen molar-refractivity contribution in [2.75, 3.05) is 6.61 Å². The molecule has 0 amide bonds. The Morgan fingerprint density at radius 1 is 1.60 bits per heavy atom. The van der Waals surface area contributed by atoms with Crippen molar-refractivity contribution in [2.24, 2.45) is 0 Å². The maximum absolute atomic E-state index is 7.57. The largest absolute Gasteiger partial charge is 3.00 e. The first kappa shape index (κ1) is 18.0. The fourth-order valence-electron chi connectivity index (χ4n) is 0. The molecule has 0 aromatic rings. The van der Waals surface area contributed by atoms with Crippen LogP contribution in [0.25, 0.3) is 0 Å². The maximum atomic E-state index is 7.57. The zero-order valence-corrected chi connectivity index (χ0v) is 4.29. The van der Waals surface area contributed by atoms with E-state index in [2.05, 4.69) is 0 Å². The van der Waals surface area contributed by atoms with Gasteiger partial charge >= 0.3 is 17.4 Å². The van der Waals surface area contributed by atoms with Crippen molar-refractivity contribution in [2.45, 2.75) is 6.92 Å². The second-order valence-electron chi connectivity index (χ2n) is 0.316. The fourth-order valence-corrected chi connectivity index (χ4v) is 0. The summed E-state index contributed by atoms with van der Waals surface area (Å²) in [5.41, 5.74) is 0. The van der Waals surface area contributed by atoms with Gasteiger partial charge in [-0.3, -0.25) is 0 Å². The van der Waals surface area contributed by atoms with E-state index in [-0.39, 0.29) is 29.4 Å². The number of rotatable bonds is 0. The van der Waals surface area contributed by atoms with Crippen LogP contribution in [-0.4, -0.2) is 29.1 Å². The Hall–Kier alpha value is 0.452. The Morgan fingerprint density at radius 2 is 1.60 bits per heavy atom. The van der Waals surface area contributed by atoms with Crippen LogP contribution in [0.5, 0.6) is 0 Å². The van der Waals surface area contributed by atoms with E-state index in [1.807, 2.05) is 0 Å². The third kappa shape index (κ3) is 131. The standard InChI is InChI=1S/C2H6O.Al.O/c1-2-3;;/h3H,2H2,1H3;;/q;+3;-2. The van der Waals surface area contributed by atoms with Crippen LogP contribution in [0.1, 0.15) is 6.92 Å². The summed E-state index contributed by atoms with van der Waals surface area (Å²) in [6.45, 7) is 1.93. The first-order valence-electron chi connectivity index (χ1n) is 1.02. The van der Waals surface area contributed by atoms with E-state index >= 15 is 0 Å². The molecule has 0 saturated heterocycles. The Kier molecular flexibility index (Phi) is 90.4. The summed E-state index contributed by atoms with van der Waals surface area (Å²) in [5, 5.41) is 7.57. The van der Waals surface area contributed by atoms with Gasteiger partial charge in [0.05, 0.1) is 0 Å². The third-order valence-electron chi connectivity index (χ3n) is 0. The smallest absolute Gasteiger partial charge is 2.00 e. The second kappa shape index (κ2) is 25.2. The summed E-state index contributed by atoms with van der Waals surface area (Å²) < 4.78 is 0. The van der Waals surface area contributed by atoms with Crippen molar-refractivity contribution in [3.05, 3.63) is 0 Å². The average molecular weight is 89.0 g/mol. The summed E-state index contributed by atoms with van der Waals surface area (Å²) in [6.07, 6.45) is 0. The molecule has 0 spiro atoms. The molecule has 1 N–H and O–H groups in total. The van der Waals surface area contributed by atoms with Crippen molar-refractivity contribution >= 4 is 17.4 Å². The molecule has 0 heterocycles. The Balaban J connectivity index is -0.0000000200. The van der Waals surface area contributed by atoms with Gasteiger partial charge in [0.1, 0.15) is 0 Å². The fraction of sp³-hybridized carbons (Fsp3) is 1.00. The van der Waals surface area contributed by atoms with Crippen LogP contribution in [0.2, 0.25) is 0 Å². The molecule has 0 saturated carbocycles. The van der Waals surface area contributed by atoms with Crippen LogP contribution in [0, 0.1) is 0 Å². The first-order chi connectivity index (χ1) is 1.41. The molecule has 5 heavy (non-hydrogen) atoms. The Labute approximate surface area is 42.3 Å². The molecule has 0 aromatic heterocycles. The van der Waals surface area contributed by atoms with Gasteiger partial charge in [0.25, 0.3) is 0 Å². The van der Waals surface area contributed by atoms with Gasteiger partial charge in [-0.1, -0.05) is 0 Å². The van der Waals surface area contributed by atoms with E-state index in [1.165, 1.54) is 0 Å². The molecular weight excluding hydrogens is 83.0 g/mol. The molecule has 28 valence electrons. The van der Waals surface area contributed by atoms with Gasteiger partial charge in [-0.05, 0) is 6.92 Å². The molecule has 0 atom stereocenters. The monoisotopic (exact) mass is 89.0 g/mol. The minimum Gasteiger partial charge on any atom is -2.00 e. The summed E-state index contributed by atoms with van der Waals surface area (Å²) >= 11 is 0. The zero-order valence-electron chi connectivity index (χ0n) is 3.14. The van der Waals surface area contributed by atoms with Gasteiger partial charge in [0, 0.05) is 6.61 Å². The predicted molar refractivity (Wildman–Crippen MR) is 19.2 cm³/mol. The van der Waals surface area contributed by atoms with Gasteiger partial charge in [0.2, 0.25) is 0 Å². The number of aliphatic hydroxyl groups is 1. The van der Waals surface area contributed by atoms with Gasteiger partial charge in [-0.15, -0.1) is 0 Å². The molecule has 0 aliphatic rings. The molecule has 0 fully saturated rings. The van der Waals surface area contributed by atoms with Crippen LogP contribution >= 0.6 is 0 Å². The quantitative estimate of drug-likeness (QED) is 0.399. The van der Waals surface area contributed by atoms with Gasteiger partial charge in [-0.2, -0.15) is 0 Å². The number of hydrogen-bond acceptors (Lipinski definition) is 1. The van der Waals surface area contributed by atoms with Gasteiger partial charge < -0.3 is 10.6 Å².